The van der Waals surface area contributed by atoms with Gasteiger partial charge < -0.3 is 15.4 Å². The number of rotatable bonds is 6. The second-order valence-electron chi connectivity index (χ2n) is 3.68. The van der Waals surface area contributed by atoms with E-state index in [1.807, 2.05) is 7.05 Å². The Hall–Kier alpha value is -0.240. The summed E-state index contributed by atoms with van der Waals surface area (Å²) in [6.45, 7) is 1.48. The normalized spacial score (nSPS) is 9.68. The van der Waals surface area contributed by atoms with Crippen LogP contribution in [0.3, 0.4) is 0 Å². The van der Waals surface area contributed by atoms with E-state index in [1.165, 1.54) is 7.11 Å². The molecule has 0 atom stereocenters. The predicted molar refractivity (Wildman–Crippen MR) is 88.8 cm³/mol. The van der Waals surface area contributed by atoms with Crippen molar-refractivity contribution in [2.75, 3.05) is 27.2 Å². The Balaban J connectivity index is 0.00000324. The lowest BCUT2D eigenvalue weighted by atomic mass is 10.2. The quantitative estimate of drug-likeness (QED) is 0.551. The summed E-state index contributed by atoms with van der Waals surface area (Å²) in [5.74, 6) is 0.371. The molecule has 0 fully saturated rings. The smallest absolute Gasteiger partial charge is 0.255 e. The Kier molecular flexibility index (Phi) is 9.51. The van der Waals surface area contributed by atoms with Crippen LogP contribution in [-0.2, 0) is 0 Å². The number of carbonyl (C=O) groups is 1. The largest absolute Gasteiger partial charge is 0.496 e. The van der Waals surface area contributed by atoms with Crippen molar-refractivity contribution in [3.05, 3.63) is 26.3 Å². The van der Waals surface area contributed by atoms with Crippen LogP contribution in [-0.4, -0.2) is 33.2 Å². The van der Waals surface area contributed by atoms with Gasteiger partial charge in [-0.1, -0.05) is 11.6 Å². The molecule has 0 unspecified atom stereocenters. The van der Waals surface area contributed by atoms with Crippen LogP contribution >= 0.6 is 46.6 Å². The van der Waals surface area contributed by atoms with Crippen molar-refractivity contribution in [3.63, 3.8) is 0 Å². The molecule has 7 heteroatoms. The molecule has 1 aromatic carbocycles. The molecule has 0 aliphatic heterocycles. The Morgan fingerprint density at radius 1 is 1.42 bits per heavy atom. The summed E-state index contributed by atoms with van der Waals surface area (Å²) in [5, 5.41) is 6.41. The molecular weight excluding hydrogens is 402 g/mol. The standard InChI is InChI=1S/C12H16ClIN2O2.ClH/c1-15-4-3-5-16-12(17)8-6-9(13)10(14)7-11(8)18-2;/h6-7,15H,3-5H2,1-2H3,(H,16,17);1H. The Morgan fingerprint density at radius 2 is 2.11 bits per heavy atom. The summed E-state index contributed by atoms with van der Waals surface area (Å²) in [6, 6.07) is 3.39. The van der Waals surface area contributed by atoms with Gasteiger partial charge in [-0.3, -0.25) is 4.79 Å². The molecule has 0 saturated heterocycles. The highest BCUT2D eigenvalue weighted by Gasteiger charge is 2.14. The number of hydrogen-bond donors (Lipinski definition) is 2. The van der Waals surface area contributed by atoms with Crippen molar-refractivity contribution >= 4 is 52.5 Å². The van der Waals surface area contributed by atoms with Gasteiger partial charge in [0.1, 0.15) is 5.75 Å². The first-order valence-electron chi connectivity index (χ1n) is 5.56. The highest BCUT2D eigenvalue weighted by Crippen LogP contribution is 2.28. The average Bonchev–Trinajstić information content (AvgIpc) is 2.37. The first kappa shape index (κ1) is 18.8. The minimum absolute atomic E-state index is 0. The van der Waals surface area contributed by atoms with E-state index in [0.717, 1.165) is 16.5 Å². The van der Waals surface area contributed by atoms with Crippen LogP contribution in [0.4, 0.5) is 0 Å². The van der Waals surface area contributed by atoms with Crippen LogP contribution in [0.25, 0.3) is 0 Å². The number of methoxy groups -OCH3 is 1. The lowest BCUT2D eigenvalue weighted by Crippen LogP contribution is -2.27. The minimum Gasteiger partial charge on any atom is -0.496 e. The zero-order chi connectivity index (χ0) is 13.5. The van der Waals surface area contributed by atoms with Crippen molar-refractivity contribution in [1.29, 1.82) is 0 Å². The second kappa shape index (κ2) is 9.63. The van der Waals surface area contributed by atoms with E-state index in [-0.39, 0.29) is 18.3 Å². The van der Waals surface area contributed by atoms with Gasteiger partial charge in [0, 0.05) is 10.1 Å². The zero-order valence-corrected chi connectivity index (χ0v) is 14.5. The molecule has 1 amide bonds. The lowest BCUT2D eigenvalue weighted by molar-refractivity contribution is 0.0950. The van der Waals surface area contributed by atoms with Crippen LogP contribution in [0.2, 0.25) is 5.02 Å². The van der Waals surface area contributed by atoms with E-state index in [4.69, 9.17) is 16.3 Å². The first-order valence-corrected chi connectivity index (χ1v) is 7.01. The fourth-order valence-corrected chi connectivity index (χ4v) is 2.04. The molecule has 1 aromatic rings. The highest BCUT2D eigenvalue weighted by atomic mass is 127. The third-order valence-electron chi connectivity index (χ3n) is 2.38. The van der Waals surface area contributed by atoms with E-state index in [1.54, 1.807) is 12.1 Å². The molecule has 108 valence electrons. The zero-order valence-electron chi connectivity index (χ0n) is 10.8. The number of amides is 1. The molecule has 0 radical (unpaired) electrons. The van der Waals surface area contributed by atoms with Gasteiger partial charge in [-0.25, -0.2) is 0 Å². The molecule has 0 aliphatic carbocycles. The number of hydrogen-bond acceptors (Lipinski definition) is 3. The maximum absolute atomic E-state index is 12.0. The Morgan fingerprint density at radius 3 is 2.68 bits per heavy atom. The fourth-order valence-electron chi connectivity index (χ4n) is 1.44. The lowest BCUT2D eigenvalue weighted by Gasteiger charge is -2.10. The van der Waals surface area contributed by atoms with Crippen molar-refractivity contribution in [3.8, 4) is 5.75 Å². The maximum Gasteiger partial charge on any atom is 0.255 e. The molecule has 0 aromatic heterocycles. The highest BCUT2D eigenvalue weighted by molar-refractivity contribution is 14.1. The number of ether oxygens (including phenoxy) is 1. The van der Waals surface area contributed by atoms with Crippen molar-refractivity contribution in [2.45, 2.75) is 6.42 Å². The number of benzene rings is 1. The fraction of sp³-hybridized carbons (Fsp3) is 0.417. The van der Waals surface area contributed by atoms with E-state index < -0.39 is 0 Å². The van der Waals surface area contributed by atoms with Gasteiger partial charge in [0.2, 0.25) is 0 Å². The van der Waals surface area contributed by atoms with Gasteiger partial charge in [-0.15, -0.1) is 12.4 Å². The molecule has 0 bridgehead atoms. The molecule has 19 heavy (non-hydrogen) atoms. The summed E-state index contributed by atoms with van der Waals surface area (Å²) >= 11 is 8.12. The average molecular weight is 419 g/mol. The first-order chi connectivity index (χ1) is 8.60. The van der Waals surface area contributed by atoms with E-state index >= 15 is 0 Å². The van der Waals surface area contributed by atoms with E-state index in [9.17, 15) is 4.79 Å². The number of nitrogens with one attached hydrogen (secondary N) is 2. The molecule has 0 spiro atoms. The number of carbonyl (C=O) groups excluding carboxylic acids is 1. The topological polar surface area (TPSA) is 50.4 Å². The van der Waals surface area contributed by atoms with E-state index in [0.29, 0.717) is 22.9 Å². The molecule has 2 N–H and O–H groups in total. The second-order valence-corrected chi connectivity index (χ2v) is 5.25. The van der Waals surface area contributed by atoms with Gasteiger partial charge >= 0.3 is 0 Å². The van der Waals surface area contributed by atoms with Gasteiger partial charge in [0.05, 0.1) is 17.7 Å². The van der Waals surface area contributed by atoms with Gasteiger partial charge in [-0.05, 0) is 54.7 Å². The monoisotopic (exact) mass is 418 g/mol. The van der Waals surface area contributed by atoms with Crippen LogP contribution in [0.1, 0.15) is 16.8 Å². The Bertz CT molecular complexity index is 430. The summed E-state index contributed by atoms with van der Waals surface area (Å²) in [5.41, 5.74) is 0.465. The summed E-state index contributed by atoms with van der Waals surface area (Å²) < 4.78 is 6.05. The van der Waals surface area contributed by atoms with Crippen LogP contribution < -0.4 is 15.4 Å². The van der Waals surface area contributed by atoms with E-state index in [2.05, 4.69) is 33.2 Å². The molecule has 0 heterocycles. The van der Waals surface area contributed by atoms with Crippen LogP contribution in [0, 0.1) is 3.57 Å². The predicted octanol–water partition coefficient (Wildman–Crippen LogP) is 2.71. The summed E-state index contributed by atoms with van der Waals surface area (Å²) in [6.07, 6.45) is 0.878. The third-order valence-corrected chi connectivity index (χ3v) is 3.90. The van der Waals surface area contributed by atoms with Crippen molar-refractivity contribution in [1.82, 2.24) is 10.6 Å². The summed E-state index contributed by atoms with van der Waals surface area (Å²) in [4.78, 5) is 12.0. The minimum atomic E-state index is -0.166. The molecule has 1 rings (SSSR count). The SMILES string of the molecule is CNCCCNC(=O)c1cc(Cl)c(I)cc1OC.Cl. The Labute approximate surface area is 138 Å². The number of halogens is 3. The van der Waals surface area contributed by atoms with Gasteiger partial charge in [-0.2, -0.15) is 0 Å². The van der Waals surface area contributed by atoms with Crippen LogP contribution in [0.15, 0.2) is 12.1 Å². The van der Waals surface area contributed by atoms with Crippen molar-refractivity contribution in [2.24, 2.45) is 0 Å². The van der Waals surface area contributed by atoms with Crippen molar-refractivity contribution < 1.29 is 9.53 Å². The van der Waals surface area contributed by atoms with Crippen LogP contribution in [0.5, 0.6) is 5.75 Å². The van der Waals surface area contributed by atoms with Gasteiger partial charge in [0.15, 0.2) is 0 Å². The molecular formula is C12H17Cl2IN2O2. The molecule has 0 aliphatic rings. The van der Waals surface area contributed by atoms with Gasteiger partial charge in [0.25, 0.3) is 5.91 Å². The molecule has 4 nitrogen and oxygen atoms in total. The maximum atomic E-state index is 12.0. The third kappa shape index (κ3) is 5.72. The summed E-state index contributed by atoms with van der Waals surface area (Å²) in [7, 11) is 3.42. The molecule has 0 saturated carbocycles.